The Bertz CT molecular complexity index is 900. The highest BCUT2D eigenvalue weighted by molar-refractivity contribution is 6.30. The van der Waals surface area contributed by atoms with Crippen molar-refractivity contribution in [3.8, 4) is 0 Å². The van der Waals surface area contributed by atoms with Crippen LogP contribution in [0.1, 0.15) is 22.0 Å². The van der Waals surface area contributed by atoms with Crippen LogP contribution in [0.3, 0.4) is 0 Å². The molecule has 0 radical (unpaired) electrons. The second-order valence-corrected chi connectivity index (χ2v) is 6.24. The van der Waals surface area contributed by atoms with E-state index in [-0.39, 0.29) is 11.8 Å². The molecule has 0 spiro atoms. The zero-order valence-electron chi connectivity index (χ0n) is 14.4. The van der Waals surface area contributed by atoms with Crippen LogP contribution in [0.15, 0.2) is 84.9 Å². The van der Waals surface area contributed by atoms with Gasteiger partial charge in [0.15, 0.2) is 0 Å². The first-order chi connectivity index (χ1) is 13.1. The second-order valence-electron chi connectivity index (χ2n) is 5.80. The van der Waals surface area contributed by atoms with E-state index in [1.165, 1.54) is 0 Å². The molecule has 0 unspecified atom stereocenters. The fraction of sp³-hybridized carbons (Fsp3) is 0.0476. The topological polar surface area (TPSA) is 70.2 Å². The van der Waals surface area contributed by atoms with Crippen LogP contribution < -0.4 is 16.2 Å². The Morgan fingerprint density at radius 2 is 1.37 bits per heavy atom. The second kappa shape index (κ2) is 8.98. The lowest BCUT2D eigenvalue weighted by Gasteiger charge is -2.19. The van der Waals surface area contributed by atoms with Crippen LogP contribution in [-0.2, 0) is 4.79 Å². The van der Waals surface area contributed by atoms with Crippen LogP contribution in [0.5, 0.6) is 0 Å². The summed E-state index contributed by atoms with van der Waals surface area (Å²) in [5.41, 5.74) is 7.26. The number of carbonyl (C=O) groups is 2. The predicted octanol–water partition coefficient (Wildman–Crippen LogP) is 3.95. The number of hydrogen-bond donors (Lipinski definition) is 3. The Morgan fingerprint density at radius 1 is 0.778 bits per heavy atom. The van der Waals surface area contributed by atoms with Crippen molar-refractivity contribution in [3.63, 3.8) is 0 Å². The number of amides is 2. The van der Waals surface area contributed by atoms with Gasteiger partial charge in [-0.2, -0.15) is 0 Å². The van der Waals surface area contributed by atoms with Crippen molar-refractivity contribution in [1.29, 1.82) is 0 Å². The van der Waals surface area contributed by atoms with Gasteiger partial charge in [-0.1, -0.05) is 60.1 Å². The lowest BCUT2D eigenvalue weighted by atomic mass is 10.1. The number of halogens is 1. The molecule has 0 saturated heterocycles. The molecule has 0 saturated carbocycles. The Labute approximate surface area is 162 Å². The van der Waals surface area contributed by atoms with Crippen molar-refractivity contribution in [2.75, 3.05) is 5.32 Å². The number of hydrogen-bond acceptors (Lipinski definition) is 3. The third kappa shape index (κ3) is 5.17. The molecule has 6 heteroatoms. The van der Waals surface area contributed by atoms with Gasteiger partial charge in [-0.15, -0.1) is 0 Å². The van der Waals surface area contributed by atoms with Gasteiger partial charge < -0.3 is 5.32 Å². The third-order valence-electron chi connectivity index (χ3n) is 3.87. The summed E-state index contributed by atoms with van der Waals surface area (Å²) in [6, 6.07) is 24.0. The van der Waals surface area contributed by atoms with Crippen molar-refractivity contribution >= 4 is 29.1 Å². The fourth-order valence-electron chi connectivity index (χ4n) is 2.49. The molecule has 3 rings (SSSR count). The first kappa shape index (κ1) is 18.6. The zero-order valence-corrected chi connectivity index (χ0v) is 15.1. The van der Waals surface area contributed by atoms with E-state index in [1.54, 1.807) is 48.5 Å². The SMILES string of the molecule is O=C(NN[C@H](C(=O)Nc1ccc(Cl)cc1)c1ccccc1)c1ccccc1. The van der Waals surface area contributed by atoms with E-state index < -0.39 is 6.04 Å². The highest BCUT2D eigenvalue weighted by Gasteiger charge is 2.21. The number of hydrazine groups is 1. The standard InChI is InChI=1S/C21H18ClN3O2/c22-17-11-13-18(14-12-17)23-21(27)19(15-7-3-1-4-8-15)24-25-20(26)16-9-5-2-6-10-16/h1-14,19,24H,(H,23,27)(H,25,26)/t19-/m0/s1. The molecule has 1 atom stereocenters. The average molecular weight is 380 g/mol. The molecule has 0 aliphatic carbocycles. The molecule has 3 aromatic rings. The molecule has 136 valence electrons. The maximum absolute atomic E-state index is 12.8. The molecule has 27 heavy (non-hydrogen) atoms. The van der Waals surface area contributed by atoms with E-state index in [9.17, 15) is 9.59 Å². The Hall–Kier alpha value is -3.15. The van der Waals surface area contributed by atoms with E-state index >= 15 is 0 Å². The number of benzene rings is 3. The summed E-state index contributed by atoms with van der Waals surface area (Å²) in [5, 5.41) is 3.40. The molecular weight excluding hydrogens is 362 g/mol. The summed E-state index contributed by atoms with van der Waals surface area (Å²) in [6.45, 7) is 0. The van der Waals surface area contributed by atoms with Crippen molar-refractivity contribution in [2.24, 2.45) is 0 Å². The average Bonchev–Trinajstić information content (AvgIpc) is 2.71. The maximum atomic E-state index is 12.8. The number of nitrogens with one attached hydrogen (secondary N) is 3. The van der Waals surface area contributed by atoms with E-state index in [0.717, 1.165) is 5.56 Å². The number of anilines is 1. The minimum Gasteiger partial charge on any atom is -0.324 e. The number of rotatable bonds is 6. The van der Waals surface area contributed by atoms with Crippen LogP contribution >= 0.6 is 11.6 Å². The van der Waals surface area contributed by atoms with Gasteiger partial charge in [-0.3, -0.25) is 15.0 Å². The van der Waals surface area contributed by atoms with E-state index in [1.807, 2.05) is 36.4 Å². The van der Waals surface area contributed by atoms with Gasteiger partial charge in [0.05, 0.1) is 0 Å². The van der Waals surface area contributed by atoms with Crippen LogP contribution in [0.25, 0.3) is 0 Å². The van der Waals surface area contributed by atoms with Crippen LogP contribution in [0.2, 0.25) is 5.02 Å². The zero-order chi connectivity index (χ0) is 19.1. The minimum atomic E-state index is -0.769. The lowest BCUT2D eigenvalue weighted by Crippen LogP contribution is -2.44. The summed E-state index contributed by atoms with van der Waals surface area (Å²) in [6.07, 6.45) is 0. The maximum Gasteiger partial charge on any atom is 0.265 e. The van der Waals surface area contributed by atoms with Crippen molar-refractivity contribution in [1.82, 2.24) is 10.9 Å². The summed E-state index contributed by atoms with van der Waals surface area (Å²) in [4.78, 5) is 25.1. The van der Waals surface area contributed by atoms with Crippen molar-refractivity contribution in [2.45, 2.75) is 6.04 Å². The van der Waals surface area contributed by atoms with Crippen LogP contribution in [-0.4, -0.2) is 11.8 Å². The quantitative estimate of drug-likeness (QED) is 0.568. The Kier molecular flexibility index (Phi) is 6.20. The van der Waals surface area contributed by atoms with Gasteiger partial charge in [-0.25, -0.2) is 5.43 Å². The van der Waals surface area contributed by atoms with Crippen molar-refractivity contribution < 1.29 is 9.59 Å². The summed E-state index contributed by atoms with van der Waals surface area (Å²) >= 11 is 5.88. The Morgan fingerprint density at radius 3 is 2.00 bits per heavy atom. The van der Waals surface area contributed by atoms with E-state index in [0.29, 0.717) is 16.3 Å². The largest absolute Gasteiger partial charge is 0.324 e. The highest BCUT2D eigenvalue weighted by atomic mass is 35.5. The fourth-order valence-corrected chi connectivity index (χ4v) is 2.62. The molecule has 3 N–H and O–H groups in total. The monoisotopic (exact) mass is 379 g/mol. The first-order valence-electron chi connectivity index (χ1n) is 8.36. The summed E-state index contributed by atoms with van der Waals surface area (Å²) in [5.74, 6) is -0.632. The van der Waals surface area contributed by atoms with Gasteiger partial charge in [-0.05, 0) is 42.0 Å². The molecular formula is C21H18ClN3O2. The van der Waals surface area contributed by atoms with Crippen LogP contribution in [0, 0.1) is 0 Å². The smallest absolute Gasteiger partial charge is 0.265 e. The molecule has 0 bridgehead atoms. The van der Waals surface area contributed by atoms with Crippen LogP contribution in [0.4, 0.5) is 5.69 Å². The highest BCUT2D eigenvalue weighted by Crippen LogP contribution is 2.17. The van der Waals surface area contributed by atoms with Gasteiger partial charge in [0.2, 0.25) is 5.91 Å². The molecule has 3 aromatic carbocycles. The molecule has 0 aromatic heterocycles. The normalized spacial score (nSPS) is 11.4. The molecule has 5 nitrogen and oxygen atoms in total. The van der Waals surface area contributed by atoms with Crippen molar-refractivity contribution in [3.05, 3.63) is 101 Å². The van der Waals surface area contributed by atoms with Gasteiger partial charge in [0.1, 0.15) is 6.04 Å². The number of carbonyl (C=O) groups excluding carboxylic acids is 2. The van der Waals surface area contributed by atoms with Gasteiger partial charge in [0.25, 0.3) is 5.91 Å². The minimum absolute atomic E-state index is 0.308. The lowest BCUT2D eigenvalue weighted by molar-refractivity contribution is -0.118. The molecule has 2 amide bonds. The molecule has 0 aliphatic heterocycles. The molecule has 0 heterocycles. The van der Waals surface area contributed by atoms with Gasteiger partial charge in [0, 0.05) is 16.3 Å². The summed E-state index contributed by atoms with van der Waals surface area (Å²) in [7, 11) is 0. The predicted molar refractivity (Wildman–Crippen MR) is 106 cm³/mol. The molecule has 0 aliphatic rings. The van der Waals surface area contributed by atoms with Gasteiger partial charge >= 0.3 is 0 Å². The summed E-state index contributed by atoms with van der Waals surface area (Å²) < 4.78 is 0. The third-order valence-corrected chi connectivity index (χ3v) is 4.12. The van der Waals surface area contributed by atoms with E-state index in [2.05, 4.69) is 16.2 Å². The first-order valence-corrected chi connectivity index (χ1v) is 8.73. The van der Waals surface area contributed by atoms with E-state index in [4.69, 9.17) is 11.6 Å². The Balaban J connectivity index is 1.74. The molecule has 0 fully saturated rings.